The van der Waals surface area contributed by atoms with Crippen molar-refractivity contribution in [2.75, 3.05) is 49.1 Å². The second-order valence-electron chi connectivity index (χ2n) is 8.87. The number of rotatable bonds is 6. The lowest BCUT2D eigenvalue weighted by molar-refractivity contribution is -0.121. The van der Waals surface area contributed by atoms with Crippen LogP contribution in [0.5, 0.6) is 0 Å². The number of para-hydroxylation sites is 2. The van der Waals surface area contributed by atoms with Crippen LogP contribution in [0.3, 0.4) is 0 Å². The van der Waals surface area contributed by atoms with E-state index in [9.17, 15) is 18.0 Å². The van der Waals surface area contributed by atoms with E-state index in [0.717, 1.165) is 23.4 Å². The molecule has 3 aromatic rings. The first kappa shape index (κ1) is 25.3. The highest BCUT2D eigenvalue weighted by Gasteiger charge is 2.30. The smallest absolute Gasteiger partial charge is 0.340 e. The van der Waals surface area contributed by atoms with Crippen molar-refractivity contribution >= 4 is 44.9 Å². The third kappa shape index (κ3) is 5.20. The Morgan fingerprint density at radius 1 is 0.865 bits per heavy atom. The Morgan fingerprint density at radius 2 is 1.57 bits per heavy atom. The van der Waals surface area contributed by atoms with Gasteiger partial charge >= 0.3 is 5.97 Å². The summed E-state index contributed by atoms with van der Waals surface area (Å²) >= 11 is 6.21. The molecule has 1 saturated heterocycles. The van der Waals surface area contributed by atoms with Gasteiger partial charge in [-0.1, -0.05) is 48.0 Å². The third-order valence-corrected chi connectivity index (χ3v) is 8.89. The zero-order valence-corrected chi connectivity index (χ0v) is 21.6. The number of nitrogens with zero attached hydrogens (tertiary/aromatic N) is 3. The molecular weight excluding hydrogens is 514 g/mol. The molecule has 2 aliphatic rings. The summed E-state index contributed by atoms with van der Waals surface area (Å²) in [5, 5.41) is 0.0526. The molecule has 0 bridgehead atoms. The summed E-state index contributed by atoms with van der Waals surface area (Å²) in [5.74, 6) is -1.20. The number of esters is 1. The number of ether oxygens (including phenoxy) is 1. The molecule has 3 aromatic carbocycles. The Balaban J connectivity index is 1.24. The largest absolute Gasteiger partial charge is 0.452 e. The maximum Gasteiger partial charge on any atom is 0.340 e. The van der Waals surface area contributed by atoms with Gasteiger partial charge in [0.1, 0.15) is 0 Å². The lowest BCUT2D eigenvalue weighted by Crippen LogP contribution is -2.48. The fourth-order valence-corrected chi connectivity index (χ4v) is 6.32. The Labute approximate surface area is 221 Å². The quantitative estimate of drug-likeness (QED) is 0.445. The van der Waals surface area contributed by atoms with Crippen molar-refractivity contribution in [3.63, 3.8) is 0 Å². The first-order valence-corrected chi connectivity index (χ1v) is 13.8. The SMILES string of the molecule is O=C(OCC(=O)N1CCc2ccccc21)c1cc(S(=O)(=O)N2CCN(c3ccccc3)CC2)ccc1Cl. The maximum atomic E-state index is 13.3. The molecule has 0 radical (unpaired) electrons. The van der Waals surface area contributed by atoms with E-state index in [4.69, 9.17) is 16.3 Å². The van der Waals surface area contributed by atoms with Crippen LogP contribution in [0.25, 0.3) is 0 Å². The van der Waals surface area contributed by atoms with Crippen molar-refractivity contribution in [1.29, 1.82) is 0 Å². The average Bonchev–Trinajstić information content (AvgIpc) is 3.36. The van der Waals surface area contributed by atoms with Crippen LogP contribution in [0, 0.1) is 0 Å². The number of hydrogen-bond donors (Lipinski definition) is 0. The summed E-state index contributed by atoms with van der Waals surface area (Å²) in [4.78, 5) is 29.2. The van der Waals surface area contributed by atoms with Gasteiger partial charge in [-0.05, 0) is 48.4 Å². The second kappa shape index (κ2) is 10.5. The number of anilines is 2. The van der Waals surface area contributed by atoms with Crippen molar-refractivity contribution in [2.24, 2.45) is 0 Å². The minimum Gasteiger partial charge on any atom is -0.452 e. The van der Waals surface area contributed by atoms with Gasteiger partial charge in [0, 0.05) is 44.1 Å². The molecule has 0 N–H and O–H groups in total. The zero-order valence-electron chi connectivity index (χ0n) is 20.0. The minimum atomic E-state index is -3.85. The Hall–Kier alpha value is -3.40. The molecule has 0 atom stereocenters. The number of fused-ring (bicyclic) bond motifs is 1. The van der Waals surface area contributed by atoms with Gasteiger partial charge in [0.05, 0.1) is 15.5 Å². The summed E-state index contributed by atoms with van der Waals surface area (Å²) in [5.41, 5.74) is 2.82. The Kier molecular flexibility index (Phi) is 7.19. The number of benzene rings is 3. The molecule has 37 heavy (non-hydrogen) atoms. The lowest BCUT2D eigenvalue weighted by Gasteiger charge is -2.35. The minimum absolute atomic E-state index is 0.0446. The lowest BCUT2D eigenvalue weighted by atomic mass is 10.2. The zero-order chi connectivity index (χ0) is 26.0. The van der Waals surface area contributed by atoms with E-state index in [-0.39, 0.29) is 21.4 Å². The van der Waals surface area contributed by atoms with Gasteiger partial charge in [0.2, 0.25) is 10.0 Å². The molecule has 192 valence electrons. The molecule has 0 unspecified atom stereocenters. The summed E-state index contributed by atoms with van der Waals surface area (Å²) in [7, 11) is -3.85. The van der Waals surface area contributed by atoms with Crippen LogP contribution >= 0.6 is 11.6 Å². The van der Waals surface area contributed by atoms with Crippen molar-refractivity contribution in [2.45, 2.75) is 11.3 Å². The van der Waals surface area contributed by atoms with Crippen LogP contribution in [0.4, 0.5) is 11.4 Å². The van der Waals surface area contributed by atoms with Gasteiger partial charge < -0.3 is 14.5 Å². The number of piperazine rings is 1. The molecule has 8 nitrogen and oxygen atoms in total. The van der Waals surface area contributed by atoms with Crippen LogP contribution in [0.2, 0.25) is 5.02 Å². The van der Waals surface area contributed by atoms with E-state index in [1.807, 2.05) is 54.6 Å². The highest BCUT2D eigenvalue weighted by Crippen LogP contribution is 2.28. The van der Waals surface area contributed by atoms with Crippen molar-refractivity contribution in [1.82, 2.24) is 4.31 Å². The number of carbonyl (C=O) groups excluding carboxylic acids is 2. The predicted molar refractivity (Wildman–Crippen MR) is 142 cm³/mol. The monoisotopic (exact) mass is 539 g/mol. The first-order chi connectivity index (χ1) is 17.8. The van der Waals surface area contributed by atoms with Crippen LogP contribution in [0.15, 0.2) is 77.7 Å². The summed E-state index contributed by atoms with van der Waals surface area (Å²) in [6.07, 6.45) is 0.737. The van der Waals surface area contributed by atoms with E-state index in [2.05, 4.69) is 4.90 Å². The topological polar surface area (TPSA) is 87.2 Å². The highest BCUT2D eigenvalue weighted by atomic mass is 35.5. The predicted octanol–water partition coefficient (Wildman–Crippen LogP) is 3.60. The van der Waals surface area contributed by atoms with E-state index in [1.54, 1.807) is 4.90 Å². The van der Waals surface area contributed by atoms with E-state index in [0.29, 0.717) is 32.7 Å². The summed E-state index contributed by atoms with van der Waals surface area (Å²) < 4.78 is 33.3. The summed E-state index contributed by atoms with van der Waals surface area (Å²) in [6.45, 7) is 1.77. The van der Waals surface area contributed by atoms with Crippen molar-refractivity contribution in [3.8, 4) is 0 Å². The van der Waals surface area contributed by atoms with Gasteiger partial charge in [-0.25, -0.2) is 13.2 Å². The molecule has 5 rings (SSSR count). The molecule has 0 aliphatic carbocycles. The Morgan fingerprint density at radius 3 is 2.32 bits per heavy atom. The van der Waals surface area contributed by atoms with Gasteiger partial charge in [-0.2, -0.15) is 4.31 Å². The molecule has 2 aliphatic heterocycles. The average molecular weight is 540 g/mol. The third-order valence-electron chi connectivity index (χ3n) is 6.67. The molecule has 0 aromatic heterocycles. The molecule has 2 heterocycles. The molecule has 1 amide bonds. The fraction of sp³-hybridized carbons (Fsp3) is 0.259. The second-order valence-corrected chi connectivity index (χ2v) is 11.2. The van der Waals surface area contributed by atoms with E-state index < -0.39 is 22.6 Å². The van der Waals surface area contributed by atoms with Gasteiger partial charge in [-0.15, -0.1) is 0 Å². The van der Waals surface area contributed by atoms with Crippen LogP contribution in [-0.4, -0.2) is 63.9 Å². The van der Waals surface area contributed by atoms with Gasteiger partial charge in [-0.3, -0.25) is 4.79 Å². The van der Waals surface area contributed by atoms with Crippen LogP contribution in [-0.2, 0) is 26.0 Å². The highest BCUT2D eigenvalue weighted by molar-refractivity contribution is 7.89. The van der Waals surface area contributed by atoms with E-state index in [1.165, 1.54) is 22.5 Å². The van der Waals surface area contributed by atoms with Crippen LogP contribution < -0.4 is 9.80 Å². The van der Waals surface area contributed by atoms with Gasteiger partial charge in [0.25, 0.3) is 5.91 Å². The molecular formula is C27H26ClN3O5S. The normalized spacial score (nSPS) is 15.9. The number of carbonyl (C=O) groups is 2. The van der Waals surface area contributed by atoms with Gasteiger partial charge in [0.15, 0.2) is 6.61 Å². The van der Waals surface area contributed by atoms with Crippen molar-refractivity contribution < 1.29 is 22.7 Å². The van der Waals surface area contributed by atoms with Crippen LogP contribution in [0.1, 0.15) is 15.9 Å². The first-order valence-electron chi connectivity index (χ1n) is 12.0. The summed E-state index contributed by atoms with van der Waals surface area (Å²) in [6, 6.07) is 21.4. The standard InChI is InChI=1S/C27H26ClN3O5S/c28-24-11-10-22(37(34,35)30-16-14-29(15-17-30)21-7-2-1-3-8-21)18-23(24)27(33)36-19-26(32)31-13-12-20-6-4-5-9-25(20)31/h1-11,18H,12-17,19H2. The number of amides is 1. The maximum absolute atomic E-state index is 13.3. The molecule has 1 fully saturated rings. The molecule has 0 saturated carbocycles. The fourth-order valence-electron chi connectivity index (χ4n) is 4.68. The van der Waals surface area contributed by atoms with Crippen molar-refractivity contribution in [3.05, 3.63) is 88.9 Å². The Bertz CT molecular complexity index is 1420. The molecule has 0 spiro atoms. The number of halogens is 1. The van der Waals surface area contributed by atoms with E-state index >= 15 is 0 Å². The molecule has 10 heteroatoms. The number of sulfonamides is 1. The number of hydrogen-bond acceptors (Lipinski definition) is 6.